The Labute approximate surface area is 330 Å². The second kappa shape index (κ2) is 18.1. The topological polar surface area (TPSA) is 153 Å². The fourth-order valence-corrected chi connectivity index (χ4v) is 6.84. The first-order valence-electron chi connectivity index (χ1n) is 18.7. The lowest BCUT2D eigenvalue weighted by molar-refractivity contribution is -0.385. The summed E-state index contributed by atoms with van der Waals surface area (Å²) in [5, 5.41) is 22.8. The van der Waals surface area contributed by atoms with Crippen LogP contribution in [0.1, 0.15) is 28.1 Å². The Kier molecular flexibility index (Phi) is 12.2. The number of para-hydroxylation sites is 4. The van der Waals surface area contributed by atoms with Gasteiger partial charge in [-0.1, -0.05) is 66.7 Å². The van der Waals surface area contributed by atoms with Gasteiger partial charge in [0.2, 0.25) is 0 Å². The summed E-state index contributed by atoms with van der Waals surface area (Å²) in [7, 11) is 0. The van der Waals surface area contributed by atoms with Gasteiger partial charge in [0.15, 0.2) is 0 Å². The van der Waals surface area contributed by atoms with Gasteiger partial charge in [-0.25, -0.2) is 0 Å². The van der Waals surface area contributed by atoms with Gasteiger partial charge < -0.3 is 25.0 Å². The highest BCUT2D eigenvalue weighted by Gasteiger charge is 2.20. The second-order valence-corrected chi connectivity index (χ2v) is 13.8. The van der Waals surface area contributed by atoms with Crippen molar-refractivity contribution < 1.29 is 19.3 Å². The maximum Gasteiger partial charge on any atom is 0.269 e. The number of pyridine rings is 1. The zero-order chi connectivity index (χ0) is 39.6. The molecule has 0 atom stereocenters. The van der Waals surface area contributed by atoms with Gasteiger partial charge in [0.1, 0.15) is 24.7 Å². The summed E-state index contributed by atoms with van der Waals surface area (Å²) in [5.41, 5.74) is 13.0. The molecule has 0 fully saturated rings. The molecule has 0 saturated carbocycles. The number of aromatic nitrogens is 1. The van der Waals surface area contributed by atoms with Crippen LogP contribution in [0.3, 0.4) is 0 Å². The molecular formula is C44H43N7O6. The Balaban J connectivity index is 1.26. The molecule has 0 spiro atoms. The number of ether oxygens (including phenoxy) is 2. The summed E-state index contributed by atoms with van der Waals surface area (Å²) in [4.78, 5) is 33.8. The van der Waals surface area contributed by atoms with Crippen molar-refractivity contribution in [2.45, 2.75) is 32.7 Å². The summed E-state index contributed by atoms with van der Waals surface area (Å²) < 4.78 is 13.1. The van der Waals surface area contributed by atoms with Gasteiger partial charge in [0.05, 0.1) is 45.7 Å². The van der Waals surface area contributed by atoms with Crippen molar-refractivity contribution in [3.05, 3.63) is 188 Å². The SMILES string of the molecule is Nc1ccc(CN2CCOc3ccccc3N(Cc3ccc([N+](=O)[O-])cc3)Cc3cccc(n3)CN(Cc3ccc([N+](=O)[O-])cc3)c3ccccc3OCC2)cc1. The smallest absolute Gasteiger partial charge is 0.269 e. The maximum atomic E-state index is 11.4. The minimum atomic E-state index is -0.398. The Bertz CT molecular complexity index is 2150. The number of anilines is 3. The van der Waals surface area contributed by atoms with Gasteiger partial charge in [-0.15, -0.1) is 0 Å². The molecule has 0 saturated heterocycles. The average Bonchev–Trinajstić information content (AvgIpc) is 3.22. The Hall–Kier alpha value is -6.99. The molecule has 13 heteroatoms. The van der Waals surface area contributed by atoms with Crippen molar-refractivity contribution >= 4 is 28.4 Å². The molecule has 6 aromatic rings. The Morgan fingerprint density at radius 1 is 0.544 bits per heavy atom. The van der Waals surface area contributed by atoms with E-state index in [1.54, 1.807) is 24.3 Å². The van der Waals surface area contributed by atoms with E-state index in [9.17, 15) is 20.2 Å². The monoisotopic (exact) mass is 765 g/mol. The number of nitro groups is 2. The summed E-state index contributed by atoms with van der Waals surface area (Å²) in [5.74, 6) is 1.42. The molecule has 2 heterocycles. The summed E-state index contributed by atoms with van der Waals surface area (Å²) in [6, 6.07) is 42.8. The highest BCUT2D eigenvalue weighted by Crippen LogP contribution is 2.33. The van der Waals surface area contributed by atoms with Crippen LogP contribution in [0.4, 0.5) is 28.4 Å². The van der Waals surface area contributed by atoms with Crippen LogP contribution in [0.5, 0.6) is 11.5 Å². The Morgan fingerprint density at radius 2 is 0.965 bits per heavy atom. The van der Waals surface area contributed by atoms with Crippen LogP contribution in [0.25, 0.3) is 0 Å². The van der Waals surface area contributed by atoms with E-state index in [2.05, 4.69) is 14.7 Å². The van der Waals surface area contributed by atoms with Crippen molar-refractivity contribution in [1.29, 1.82) is 0 Å². The molecule has 290 valence electrons. The molecule has 7 rings (SSSR count). The molecule has 0 unspecified atom stereocenters. The molecule has 0 aliphatic carbocycles. The van der Waals surface area contributed by atoms with E-state index in [0.717, 1.165) is 39.5 Å². The predicted octanol–water partition coefficient (Wildman–Crippen LogP) is 8.17. The van der Waals surface area contributed by atoms with Gasteiger partial charge in [0, 0.05) is 62.7 Å². The standard InChI is InChI=1S/C44H43N7O6/c45-36-18-12-33(13-19-36)28-47-24-26-56-43-10-3-1-8-41(43)48(29-34-14-20-39(21-15-34)50(52)53)31-37-6-5-7-38(46-37)32-49(30-35-16-22-40(23-17-35)51(54)55)42-9-2-4-11-44(42)57-27-25-47/h1-23H,24-32,45H2. The minimum absolute atomic E-state index is 0.0327. The van der Waals surface area contributed by atoms with Crippen LogP contribution in [0, 0.1) is 20.2 Å². The lowest BCUT2D eigenvalue weighted by atomic mass is 10.1. The molecule has 1 aliphatic rings. The highest BCUT2D eigenvalue weighted by molar-refractivity contribution is 5.60. The third-order valence-corrected chi connectivity index (χ3v) is 9.74. The molecule has 0 amide bonds. The van der Waals surface area contributed by atoms with Crippen LogP contribution >= 0.6 is 0 Å². The van der Waals surface area contributed by atoms with E-state index in [4.69, 9.17) is 20.2 Å². The third-order valence-electron chi connectivity index (χ3n) is 9.74. The van der Waals surface area contributed by atoms with E-state index < -0.39 is 9.85 Å². The first-order valence-corrected chi connectivity index (χ1v) is 18.7. The van der Waals surface area contributed by atoms with Gasteiger partial charge in [-0.2, -0.15) is 0 Å². The number of nitrogens with two attached hydrogens (primary N) is 1. The van der Waals surface area contributed by atoms with Crippen molar-refractivity contribution in [2.24, 2.45) is 0 Å². The van der Waals surface area contributed by atoms with Crippen molar-refractivity contribution in [2.75, 3.05) is 41.8 Å². The van der Waals surface area contributed by atoms with Crippen molar-refractivity contribution in [3.8, 4) is 11.5 Å². The lowest BCUT2D eigenvalue weighted by Gasteiger charge is -2.29. The lowest BCUT2D eigenvalue weighted by Crippen LogP contribution is -2.32. The van der Waals surface area contributed by atoms with Crippen molar-refractivity contribution in [1.82, 2.24) is 9.88 Å². The van der Waals surface area contributed by atoms with E-state index in [1.165, 1.54) is 24.3 Å². The molecule has 1 aliphatic heterocycles. The van der Waals surface area contributed by atoms with Crippen LogP contribution in [-0.2, 0) is 32.7 Å². The van der Waals surface area contributed by atoms with E-state index in [0.29, 0.717) is 76.2 Å². The average molecular weight is 766 g/mol. The van der Waals surface area contributed by atoms with E-state index in [1.807, 2.05) is 91.0 Å². The molecule has 1 aromatic heterocycles. The molecule has 2 N–H and O–H groups in total. The summed E-state index contributed by atoms with van der Waals surface area (Å²) in [6.07, 6.45) is 0. The summed E-state index contributed by atoms with van der Waals surface area (Å²) >= 11 is 0. The highest BCUT2D eigenvalue weighted by atomic mass is 16.6. The minimum Gasteiger partial charge on any atom is -0.490 e. The predicted molar refractivity (Wildman–Crippen MR) is 220 cm³/mol. The van der Waals surface area contributed by atoms with Crippen LogP contribution in [0.2, 0.25) is 0 Å². The first-order chi connectivity index (χ1) is 27.8. The number of nitrogen functional groups attached to an aromatic ring is 1. The van der Waals surface area contributed by atoms with Crippen LogP contribution in [-0.4, -0.2) is 46.0 Å². The number of hydrogen-bond acceptors (Lipinski definition) is 11. The molecule has 0 radical (unpaired) electrons. The van der Waals surface area contributed by atoms with E-state index in [-0.39, 0.29) is 11.4 Å². The fraction of sp³-hybridized carbons (Fsp3) is 0.205. The van der Waals surface area contributed by atoms with E-state index >= 15 is 0 Å². The van der Waals surface area contributed by atoms with Gasteiger partial charge in [-0.05, 0) is 65.2 Å². The van der Waals surface area contributed by atoms with Gasteiger partial charge in [-0.3, -0.25) is 30.1 Å². The number of rotatable bonds is 8. The number of nitrogens with zero attached hydrogens (tertiary/aromatic N) is 6. The molecule has 57 heavy (non-hydrogen) atoms. The van der Waals surface area contributed by atoms with Gasteiger partial charge >= 0.3 is 0 Å². The number of fused-ring (bicyclic) bond motifs is 4. The second-order valence-electron chi connectivity index (χ2n) is 13.8. The zero-order valence-corrected chi connectivity index (χ0v) is 31.4. The fourth-order valence-electron chi connectivity index (χ4n) is 6.84. The number of hydrogen-bond donors (Lipinski definition) is 1. The summed E-state index contributed by atoms with van der Waals surface area (Å²) in [6.45, 7) is 4.45. The largest absolute Gasteiger partial charge is 0.490 e. The van der Waals surface area contributed by atoms with Crippen molar-refractivity contribution in [3.63, 3.8) is 0 Å². The molecular weight excluding hydrogens is 723 g/mol. The van der Waals surface area contributed by atoms with Crippen LogP contribution < -0.4 is 25.0 Å². The maximum absolute atomic E-state index is 11.4. The number of non-ortho nitro benzene ring substituents is 2. The number of nitro benzene ring substituents is 2. The third kappa shape index (κ3) is 10.2. The first kappa shape index (κ1) is 38.3. The quantitative estimate of drug-likeness (QED) is 0.0907. The zero-order valence-electron chi connectivity index (χ0n) is 31.4. The molecule has 13 nitrogen and oxygen atoms in total. The Morgan fingerprint density at radius 3 is 1.42 bits per heavy atom. The molecule has 2 bridgehead atoms. The molecule has 5 aromatic carbocycles. The van der Waals surface area contributed by atoms with Crippen LogP contribution in [0.15, 0.2) is 140 Å². The number of benzene rings is 5. The van der Waals surface area contributed by atoms with Gasteiger partial charge in [0.25, 0.3) is 11.4 Å². The normalized spacial score (nSPS) is 13.9.